The van der Waals surface area contributed by atoms with Crippen molar-refractivity contribution in [2.75, 3.05) is 24.3 Å². The fraction of sp³-hybridized carbons (Fsp3) is 0.467. The number of carbonyl (C=O) groups is 2. The smallest absolute Gasteiger partial charge is 0.414 e. The summed E-state index contributed by atoms with van der Waals surface area (Å²) in [7, 11) is 3.13. The Hall–Kier alpha value is -2.07. The van der Waals surface area contributed by atoms with Crippen LogP contribution in [-0.4, -0.2) is 57.9 Å². The van der Waals surface area contributed by atoms with Gasteiger partial charge in [-0.25, -0.2) is 9.59 Å². The molecule has 0 bridgehead atoms. The fourth-order valence-corrected chi connectivity index (χ4v) is 2.03. The van der Waals surface area contributed by atoms with Crippen molar-refractivity contribution >= 4 is 41.2 Å². The molecule has 0 aliphatic rings. The van der Waals surface area contributed by atoms with Crippen molar-refractivity contribution in [3.63, 3.8) is 0 Å². The monoisotopic (exact) mass is 369 g/mol. The van der Waals surface area contributed by atoms with E-state index in [-0.39, 0.29) is 11.0 Å². The molecule has 1 amide bonds. The predicted octanol–water partition coefficient (Wildman–Crippen LogP) is 0.896. The molecular weight excluding hydrogens is 349 g/mol. The average molecular weight is 369 g/mol. The molecule has 0 heterocycles. The standard InChI is InChI=1S/C15H20BNO7S/c1-15(2,3)24-14(19)17(4)12-6-5-10(9-11(12)16)13(18)23-7-8-25(20,21)22/h5-6,9H,7-8H2,1-4H3,(H,20,21,22). The van der Waals surface area contributed by atoms with Crippen molar-refractivity contribution in [1.82, 2.24) is 0 Å². The summed E-state index contributed by atoms with van der Waals surface area (Å²) in [6.45, 7) is 4.70. The average Bonchev–Trinajstić information content (AvgIpc) is 2.43. The van der Waals surface area contributed by atoms with Crippen molar-refractivity contribution in [2.24, 2.45) is 0 Å². The van der Waals surface area contributed by atoms with Crippen LogP contribution in [0, 0.1) is 0 Å². The lowest BCUT2D eigenvalue weighted by molar-refractivity contribution is 0.0527. The van der Waals surface area contributed by atoms with Gasteiger partial charge in [-0.05, 0) is 32.9 Å². The van der Waals surface area contributed by atoms with Gasteiger partial charge in [0.15, 0.2) is 0 Å². The zero-order chi connectivity index (χ0) is 19.4. The molecule has 0 aliphatic heterocycles. The molecule has 0 fully saturated rings. The van der Waals surface area contributed by atoms with Gasteiger partial charge < -0.3 is 9.47 Å². The lowest BCUT2D eigenvalue weighted by atomic mass is 9.91. The molecule has 0 saturated heterocycles. The molecule has 1 N–H and O–H groups in total. The van der Waals surface area contributed by atoms with Crippen LogP contribution in [0.5, 0.6) is 0 Å². The highest BCUT2D eigenvalue weighted by molar-refractivity contribution is 7.85. The Bertz CT molecular complexity index is 756. The van der Waals surface area contributed by atoms with Gasteiger partial charge in [-0.15, -0.1) is 0 Å². The van der Waals surface area contributed by atoms with Crippen LogP contribution in [0.4, 0.5) is 10.5 Å². The molecule has 0 atom stereocenters. The summed E-state index contributed by atoms with van der Waals surface area (Å²) >= 11 is 0. The Labute approximate surface area is 148 Å². The zero-order valence-electron chi connectivity index (χ0n) is 14.5. The van der Waals surface area contributed by atoms with Gasteiger partial charge in [0, 0.05) is 12.7 Å². The van der Waals surface area contributed by atoms with Crippen LogP contribution in [0.1, 0.15) is 31.1 Å². The third-order valence-corrected chi connectivity index (χ3v) is 3.55. The molecule has 136 valence electrons. The first-order valence-electron chi connectivity index (χ1n) is 7.29. The lowest BCUT2D eigenvalue weighted by Gasteiger charge is -2.25. The van der Waals surface area contributed by atoms with Crippen molar-refractivity contribution < 1.29 is 32.0 Å². The van der Waals surface area contributed by atoms with E-state index in [1.54, 1.807) is 20.8 Å². The molecule has 1 aromatic rings. The van der Waals surface area contributed by atoms with Crippen LogP contribution in [0.3, 0.4) is 0 Å². The second kappa shape index (κ2) is 7.88. The third-order valence-electron chi connectivity index (χ3n) is 2.87. The van der Waals surface area contributed by atoms with Crippen molar-refractivity contribution in [1.29, 1.82) is 0 Å². The van der Waals surface area contributed by atoms with E-state index >= 15 is 0 Å². The highest BCUT2D eigenvalue weighted by Gasteiger charge is 2.22. The number of benzene rings is 1. The molecule has 1 rings (SSSR count). The molecule has 0 spiro atoms. The summed E-state index contributed by atoms with van der Waals surface area (Å²) in [5.41, 5.74) is -0.118. The van der Waals surface area contributed by atoms with Gasteiger partial charge in [0.1, 0.15) is 25.8 Å². The van der Waals surface area contributed by atoms with Crippen LogP contribution in [0.2, 0.25) is 0 Å². The fourth-order valence-electron chi connectivity index (χ4n) is 1.74. The predicted molar refractivity (Wildman–Crippen MR) is 93.2 cm³/mol. The summed E-state index contributed by atoms with van der Waals surface area (Å²) in [6, 6.07) is 4.12. The molecule has 0 aliphatic carbocycles. The van der Waals surface area contributed by atoms with E-state index in [4.69, 9.17) is 21.9 Å². The number of ether oxygens (including phenoxy) is 2. The van der Waals surface area contributed by atoms with E-state index in [1.807, 2.05) is 0 Å². The van der Waals surface area contributed by atoms with E-state index in [0.717, 1.165) is 0 Å². The number of rotatable bonds is 5. The maximum Gasteiger partial charge on any atom is 0.414 e. The summed E-state index contributed by atoms with van der Waals surface area (Å²) in [5.74, 6) is -1.50. The quantitative estimate of drug-likeness (QED) is 0.466. The van der Waals surface area contributed by atoms with Crippen LogP contribution in [0.25, 0.3) is 0 Å². The second-order valence-electron chi connectivity index (χ2n) is 6.23. The first-order chi connectivity index (χ1) is 11.3. The van der Waals surface area contributed by atoms with E-state index in [1.165, 1.54) is 30.1 Å². The molecule has 25 heavy (non-hydrogen) atoms. The van der Waals surface area contributed by atoms with E-state index in [9.17, 15) is 18.0 Å². The SMILES string of the molecule is [B]c1cc(C(=O)OCCS(=O)(=O)O)ccc1N(C)C(=O)OC(C)(C)C. The number of carbonyl (C=O) groups excluding carboxylic acids is 2. The third kappa shape index (κ3) is 7.14. The first-order valence-corrected chi connectivity index (χ1v) is 8.89. The van der Waals surface area contributed by atoms with Gasteiger partial charge in [-0.1, -0.05) is 11.5 Å². The van der Waals surface area contributed by atoms with Crippen molar-refractivity contribution in [2.45, 2.75) is 26.4 Å². The largest absolute Gasteiger partial charge is 0.461 e. The molecular formula is C15H20BNO7S. The Morgan fingerprint density at radius 2 is 1.88 bits per heavy atom. The minimum atomic E-state index is -4.21. The van der Waals surface area contributed by atoms with Gasteiger partial charge in [0.25, 0.3) is 10.1 Å². The number of hydrogen-bond donors (Lipinski definition) is 1. The summed E-state index contributed by atoms with van der Waals surface area (Å²) in [6.07, 6.45) is -0.609. The molecule has 0 aromatic heterocycles. The van der Waals surface area contributed by atoms with Crippen molar-refractivity contribution in [3.8, 4) is 0 Å². The van der Waals surface area contributed by atoms with Gasteiger partial charge >= 0.3 is 12.1 Å². The Balaban J connectivity index is 2.82. The maximum absolute atomic E-state index is 12.0. The van der Waals surface area contributed by atoms with E-state index in [2.05, 4.69) is 0 Å². The highest BCUT2D eigenvalue weighted by Crippen LogP contribution is 2.16. The first kappa shape index (κ1) is 21.0. The molecule has 1 aromatic carbocycles. The summed E-state index contributed by atoms with van der Waals surface area (Å²) in [4.78, 5) is 25.1. The summed E-state index contributed by atoms with van der Waals surface area (Å²) in [5, 5.41) is 0. The van der Waals surface area contributed by atoms with E-state index in [0.29, 0.717) is 5.69 Å². The molecule has 10 heteroatoms. The normalized spacial score (nSPS) is 11.7. The molecule has 0 saturated carbocycles. The zero-order valence-corrected chi connectivity index (χ0v) is 15.3. The minimum absolute atomic E-state index is 0.0779. The highest BCUT2D eigenvalue weighted by atomic mass is 32.2. The van der Waals surface area contributed by atoms with Gasteiger partial charge in [-0.2, -0.15) is 8.42 Å². The number of hydrogen-bond acceptors (Lipinski definition) is 6. The lowest BCUT2D eigenvalue weighted by Crippen LogP contribution is -2.36. The second-order valence-corrected chi connectivity index (χ2v) is 7.81. The van der Waals surface area contributed by atoms with Crippen LogP contribution < -0.4 is 10.4 Å². The number of amides is 1. The van der Waals surface area contributed by atoms with Gasteiger partial charge in [-0.3, -0.25) is 9.45 Å². The maximum atomic E-state index is 12.0. The van der Waals surface area contributed by atoms with E-state index < -0.39 is 40.1 Å². The van der Waals surface area contributed by atoms with Crippen molar-refractivity contribution in [3.05, 3.63) is 23.8 Å². The molecule has 2 radical (unpaired) electrons. The van der Waals surface area contributed by atoms with Gasteiger partial charge in [0.05, 0.1) is 5.56 Å². The Morgan fingerprint density at radius 3 is 2.36 bits per heavy atom. The summed E-state index contributed by atoms with van der Waals surface area (Å²) < 4.78 is 39.7. The number of esters is 1. The Morgan fingerprint density at radius 1 is 1.28 bits per heavy atom. The molecule has 8 nitrogen and oxygen atoms in total. The molecule has 0 unspecified atom stereocenters. The van der Waals surface area contributed by atoms with Crippen LogP contribution in [-0.2, 0) is 19.6 Å². The number of anilines is 1. The topological polar surface area (TPSA) is 110 Å². The minimum Gasteiger partial charge on any atom is -0.461 e. The van der Waals surface area contributed by atoms with Crippen LogP contribution >= 0.6 is 0 Å². The van der Waals surface area contributed by atoms with Crippen LogP contribution in [0.15, 0.2) is 18.2 Å². The number of nitrogens with zero attached hydrogens (tertiary/aromatic N) is 1. The Kier molecular flexibility index (Phi) is 6.61. The van der Waals surface area contributed by atoms with Gasteiger partial charge in [0.2, 0.25) is 0 Å².